The Hall–Kier alpha value is -1.46. The number of hydrogen-bond donors (Lipinski definition) is 3. The van der Waals surface area contributed by atoms with Crippen molar-refractivity contribution in [1.82, 2.24) is 0 Å². The molecule has 5 nitrogen and oxygen atoms in total. The van der Waals surface area contributed by atoms with Gasteiger partial charge in [0.1, 0.15) is 5.78 Å². The number of ketones is 1. The molecular formula is C20H32O5. The van der Waals surface area contributed by atoms with Gasteiger partial charge in [0.25, 0.3) is 0 Å². The number of Topliss-reactive ketones (excluding diaryl/α,β-unsaturated/α-hetero) is 1. The second kappa shape index (κ2) is 12.0. The quantitative estimate of drug-likeness (QED) is 0.370. The second-order valence-corrected chi connectivity index (χ2v) is 6.87. The van der Waals surface area contributed by atoms with Gasteiger partial charge in [-0.25, -0.2) is 0 Å². The van der Waals surface area contributed by atoms with Crippen molar-refractivity contribution in [2.24, 2.45) is 11.8 Å². The summed E-state index contributed by atoms with van der Waals surface area (Å²) in [5, 5.41) is 28.7. The van der Waals surface area contributed by atoms with Crippen LogP contribution in [0.3, 0.4) is 0 Å². The second-order valence-electron chi connectivity index (χ2n) is 6.87. The van der Waals surface area contributed by atoms with E-state index in [-0.39, 0.29) is 30.5 Å². The Bertz CT molecular complexity index is 469. The average molecular weight is 352 g/mol. The summed E-state index contributed by atoms with van der Waals surface area (Å²) in [6.45, 7) is 2.11. The van der Waals surface area contributed by atoms with Gasteiger partial charge in [-0.15, -0.1) is 0 Å². The van der Waals surface area contributed by atoms with Crippen molar-refractivity contribution >= 4 is 11.8 Å². The minimum atomic E-state index is -0.798. The fourth-order valence-electron chi connectivity index (χ4n) is 3.22. The zero-order valence-corrected chi connectivity index (χ0v) is 15.1. The van der Waals surface area contributed by atoms with Crippen molar-refractivity contribution in [3.8, 4) is 0 Å². The fourth-order valence-corrected chi connectivity index (χ4v) is 3.22. The first kappa shape index (κ1) is 21.6. The molecule has 0 aromatic heterocycles. The molecule has 142 valence electrons. The Morgan fingerprint density at radius 3 is 2.72 bits per heavy atom. The summed E-state index contributed by atoms with van der Waals surface area (Å²) in [6.07, 6.45) is 12.1. The third-order valence-corrected chi connectivity index (χ3v) is 4.72. The molecular weight excluding hydrogens is 320 g/mol. The number of carbonyl (C=O) groups is 2. The molecule has 5 heteroatoms. The molecule has 1 aliphatic carbocycles. The molecule has 0 aromatic rings. The lowest BCUT2D eigenvalue weighted by molar-refractivity contribution is -0.137. The monoisotopic (exact) mass is 352 g/mol. The van der Waals surface area contributed by atoms with Crippen LogP contribution in [0.4, 0.5) is 0 Å². The Labute approximate surface area is 150 Å². The lowest BCUT2D eigenvalue weighted by Gasteiger charge is -2.17. The molecule has 0 saturated heterocycles. The maximum atomic E-state index is 12.1. The summed E-state index contributed by atoms with van der Waals surface area (Å²) < 4.78 is 0. The molecule has 0 amide bonds. The highest BCUT2D eigenvalue weighted by Crippen LogP contribution is 2.33. The van der Waals surface area contributed by atoms with E-state index in [1.807, 2.05) is 12.2 Å². The first-order chi connectivity index (χ1) is 12.0. The van der Waals surface area contributed by atoms with E-state index in [9.17, 15) is 19.8 Å². The predicted octanol–water partition coefficient (Wildman–Crippen LogP) is 3.25. The molecule has 0 heterocycles. The normalized spacial score (nSPS) is 25.2. The Balaban J connectivity index is 2.48. The van der Waals surface area contributed by atoms with Gasteiger partial charge in [0.2, 0.25) is 0 Å². The van der Waals surface area contributed by atoms with Gasteiger partial charge in [0.05, 0.1) is 12.2 Å². The Morgan fingerprint density at radius 2 is 2.04 bits per heavy atom. The van der Waals surface area contributed by atoms with E-state index in [0.29, 0.717) is 25.7 Å². The topological polar surface area (TPSA) is 94.8 Å². The molecule has 0 unspecified atom stereocenters. The van der Waals surface area contributed by atoms with Gasteiger partial charge in [0, 0.05) is 24.7 Å². The number of carboxylic acid groups (broad SMARTS) is 1. The Morgan fingerprint density at radius 1 is 1.28 bits per heavy atom. The number of carbonyl (C=O) groups excluding carboxylic acids is 1. The highest BCUT2D eigenvalue weighted by atomic mass is 16.4. The number of hydrogen-bond acceptors (Lipinski definition) is 4. The number of aliphatic hydroxyl groups excluding tert-OH is 2. The standard InChI is InChI=1S/C20H32O5/c1-2-3-6-9-15(21)12-13-17-16(18(22)14-19(17)23)10-7-4-5-8-11-20(24)25/h4,7,12-13,15-18,21-22H,2-3,5-6,8-11,14H2,1H3,(H,24,25)/b7-4-,13-12+/t15-,16-,17-,18-/m1/s1. The SMILES string of the molecule is CCCCC[C@@H](O)/C=C/[C@H]1C(=O)C[C@@H](O)[C@@H]1C/C=C\CCCC(=O)O. The highest BCUT2D eigenvalue weighted by molar-refractivity contribution is 5.86. The fraction of sp³-hybridized carbons (Fsp3) is 0.700. The van der Waals surface area contributed by atoms with Crippen molar-refractivity contribution in [3.05, 3.63) is 24.3 Å². The summed E-state index contributed by atoms with van der Waals surface area (Å²) in [7, 11) is 0. The molecule has 0 aromatic carbocycles. The van der Waals surface area contributed by atoms with E-state index in [4.69, 9.17) is 5.11 Å². The maximum Gasteiger partial charge on any atom is 0.303 e. The lowest BCUT2D eigenvalue weighted by Crippen LogP contribution is -2.19. The number of unbranched alkanes of at least 4 members (excludes halogenated alkanes) is 3. The molecule has 4 atom stereocenters. The van der Waals surface area contributed by atoms with Gasteiger partial charge >= 0.3 is 5.97 Å². The van der Waals surface area contributed by atoms with E-state index in [1.165, 1.54) is 0 Å². The van der Waals surface area contributed by atoms with Gasteiger partial charge < -0.3 is 15.3 Å². The number of aliphatic carboxylic acids is 1. The molecule has 3 N–H and O–H groups in total. The maximum absolute atomic E-state index is 12.1. The zero-order valence-electron chi connectivity index (χ0n) is 15.1. The molecule has 0 bridgehead atoms. The largest absolute Gasteiger partial charge is 0.481 e. The minimum absolute atomic E-state index is 0.0220. The van der Waals surface area contributed by atoms with E-state index >= 15 is 0 Å². The summed E-state index contributed by atoms with van der Waals surface area (Å²) in [5.74, 6) is -1.29. The van der Waals surface area contributed by atoms with Crippen molar-refractivity contribution in [1.29, 1.82) is 0 Å². The average Bonchev–Trinajstić information content (AvgIpc) is 2.82. The van der Waals surface area contributed by atoms with Crippen molar-refractivity contribution in [2.75, 3.05) is 0 Å². The third kappa shape index (κ3) is 8.45. The van der Waals surface area contributed by atoms with Crippen LogP contribution < -0.4 is 0 Å². The van der Waals surface area contributed by atoms with Crippen LogP contribution >= 0.6 is 0 Å². The first-order valence-corrected chi connectivity index (χ1v) is 9.39. The molecule has 1 rings (SSSR count). The number of aliphatic hydroxyl groups is 2. The summed E-state index contributed by atoms with van der Waals surface area (Å²) in [6, 6.07) is 0. The summed E-state index contributed by atoms with van der Waals surface area (Å²) in [4.78, 5) is 22.5. The van der Waals surface area contributed by atoms with Crippen LogP contribution in [0.15, 0.2) is 24.3 Å². The van der Waals surface area contributed by atoms with Gasteiger partial charge in [-0.1, -0.05) is 50.5 Å². The zero-order chi connectivity index (χ0) is 18.7. The summed E-state index contributed by atoms with van der Waals surface area (Å²) >= 11 is 0. The number of rotatable bonds is 12. The van der Waals surface area contributed by atoms with E-state index in [1.54, 1.807) is 12.2 Å². The van der Waals surface area contributed by atoms with E-state index in [0.717, 1.165) is 19.3 Å². The minimum Gasteiger partial charge on any atom is -0.481 e. The van der Waals surface area contributed by atoms with Gasteiger partial charge in [-0.2, -0.15) is 0 Å². The van der Waals surface area contributed by atoms with Crippen molar-refractivity contribution in [2.45, 2.75) is 76.9 Å². The van der Waals surface area contributed by atoms with Crippen LogP contribution in [-0.4, -0.2) is 39.3 Å². The first-order valence-electron chi connectivity index (χ1n) is 9.39. The van der Waals surface area contributed by atoms with E-state index < -0.39 is 18.2 Å². The van der Waals surface area contributed by atoms with Gasteiger partial charge in [0.15, 0.2) is 0 Å². The van der Waals surface area contributed by atoms with Crippen LogP contribution in [-0.2, 0) is 9.59 Å². The smallest absolute Gasteiger partial charge is 0.303 e. The number of allylic oxidation sites excluding steroid dienone is 3. The molecule has 1 saturated carbocycles. The lowest BCUT2D eigenvalue weighted by atomic mass is 9.90. The van der Waals surface area contributed by atoms with Crippen LogP contribution in [0.5, 0.6) is 0 Å². The van der Waals surface area contributed by atoms with Crippen LogP contribution in [0.1, 0.15) is 64.7 Å². The van der Waals surface area contributed by atoms with Crippen molar-refractivity contribution in [3.63, 3.8) is 0 Å². The Kier molecular flexibility index (Phi) is 10.3. The molecule has 0 aliphatic heterocycles. The molecule has 1 aliphatic rings. The highest BCUT2D eigenvalue weighted by Gasteiger charge is 2.39. The van der Waals surface area contributed by atoms with Gasteiger partial charge in [-0.3, -0.25) is 9.59 Å². The van der Waals surface area contributed by atoms with E-state index in [2.05, 4.69) is 6.92 Å². The molecule has 25 heavy (non-hydrogen) atoms. The molecule has 1 fully saturated rings. The third-order valence-electron chi connectivity index (χ3n) is 4.72. The van der Waals surface area contributed by atoms with Crippen LogP contribution in [0, 0.1) is 11.8 Å². The van der Waals surface area contributed by atoms with Crippen LogP contribution in [0.25, 0.3) is 0 Å². The van der Waals surface area contributed by atoms with Crippen LogP contribution in [0.2, 0.25) is 0 Å². The molecule has 0 spiro atoms. The van der Waals surface area contributed by atoms with Gasteiger partial charge in [-0.05, 0) is 25.7 Å². The predicted molar refractivity (Wildman–Crippen MR) is 97.1 cm³/mol. The molecule has 0 radical (unpaired) electrons. The van der Waals surface area contributed by atoms with Crippen molar-refractivity contribution < 1.29 is 24.9 Å². The summed E-state index contributed by atoms with van der Waals surface area (Å²) in [5.41, 5.74) is 0. The number of carboxylic acids is 1.